The number of anilines is 2. The van der Waals surface area contributed by atoms with Crippen molar-refractivity contribution in [2.75, 3.05) is 24.2 Å². The normalized spacial score (nSPS) is 13.2. The van der Waals surface area contributed by atoms with E-state index in [1.165, 1.54) is 0 Å². The van der Waals surface area contributed by atoms with E-state index in [0.29, 0.717) is 18.5 Å². The zero-order chi connectivity index (χ0) is 13.8. The summed E-state index contributed by atoms with van der Waals surface area (Å²) >= 11 is 0. The Bertz CT molecular complexity index is 389. The molecule has 102 valence electrons. The van der Waals surface area contributed by atoms with E-state index in [0.717, 1.165) is 6.54 Å². The molecule has 18 heavy (non-hydrogen) atoms. The monoisotopic (exact) mass is 253 g/mol. The molecule has 0 radical (unpaired) electrons. The highest BCUT2D eigenvalue weighted by Crippen LogP contribution is 2.25. The Morgan fingerprint density at radius 2 is 1.94 bits per heavy atom. The number of hydrogen-bond acceptors (Lipinski definition) is 6. The number of hydrogen-bond donors (Lipinski definition) is 2. The molecule has 0 saturated carbocycles. The van der Waals surface area contributed by atoms with E-state index in [2.05, 4.69) is 48.0 Å². The lowest BCUT2D eigenvalue weighted by Crippen LogP contribution is -2.25. The number of nitrogens with two attached hydrogens (primary N) is 1. The molecule has 6 heteroatoms. The summed E-state index contributed by atoms with van der Waals surface area (Å²) < 4.78 is 5.22. The third-order valence-electron chi connectivity index (χ3n) is 2.95. The SMILES string of the molecule is CCOc1nc(N)nc(NCC(C)C(C)(C)C)n1. The number of ether oxygens (including phenoxy) is 1. The minimum Gasteiger partial charge on any atom is -0.464 e. The fourth-order valence-electron chi connectivity index (χ4n) is 1.20. The summed E-state index contributed by atoms with van der Waals surface area (Å²) in [7, 11) is 0. The van der Waals surface area contributed by atoms with E-state index in [9.17, 15) is 0 Å². The lowest BCUT2D eigenvalue weighted by molar-refractivity contribution is 0.274. The summed E-state index contributed by atoms with van der Waals surface area (Å²) in [5, 5.41) is 3.17. The summed E-state index contributed by atoms with van der Waals surface area (Å²) in [5.74, 6) is 1.10. The highest BCUT2D eigenvalue weighted by Gasteiger charge is 2.20. The molecule has 1 aromatic heterocycles. The second-order valence-corrected chi connectivity index (χ2v) is 5.38. The van der Waals surface area contributed by atoms with Crippen LogP contribution in [0.3, 0.4) is 0 Å². The number of nitrogen functional groups attached to an aromatic ring is 1. The molecule has 6 nitrogen and oxygen atoms in total. The molecule has 1 heterocycles. The van der Waals surface area contributed by atoms with Crippen LogP contribution in [0.25, 0.3) is 0 Å². The predicted octanol–water partition coefficient (Wildman–Crippen LogP) is 1.95. The van der Waals surface area contributed by atoms with Crippen molar-refractivity contribution in [3.05, 3.63) is 0 Å². The van der Waals surface area contributed by atoms with Gasteiger partial charge in [0, 0.05) is 6.54 Å². The van der Waals surface area contributed by atoms with Crippen LogP contribution in [0.2, 0.25) is 0 Å². The molecule has 1 rings (SSSR count). The maximum absolute atomic E-state index is 5.60. The second-order valence-electron chi connectivity index (χ2n) is 5.38. The number of rotatable bonds is 5. The van der Waals surface area contributed by atoms with E-state index in [1.54, 1.807) is 0 Å². The summed E-state index contributed by atoms with van der Waals surface area (Å²) in [6.45, 7) is 11.9. The summed E-state index contributed by atoms with van der Waals surface area (Å²) in [4.78, 5) is 12.1. The third-order valence-corrected chi connectivity index (χ3v) is 2.95. The van der Waals surface area contributed by atoms with Gasteiger partial charge in [-0.25, -0.2) is 0 Å². The van der Waals surface area contributed by atoms with Gasteiger partial charge < -0.3 is 15.8 Å². The largest absolute Gasteiger partial charge is 0.464 e. The van der Waals surface area contributed by atoms with Crippen LogP contribution in [0.15, 0.2) is 0 Å². The molecule has 0 aliphatic rings. The van der Waals surface area contributed by atoms with E-state index >= 15 is 0 Å². The first-order valence-corrected chi connectivity index (χ1v) is 6.21. The Hall–Kier alpha value is -1.59. The van der Waals surface area contributed by atoms with Gasteiger partial charge >= 0.3 is 6.01 Å². The lowest BCUT2D eigenvalue weighted by atomic mass is 9.82. The summed E-state index contributed by atoms with van der Waals surface area (Å²) in [5.41, 5.74) is 5.83. The van der Waals surface area contributed by atoms with Crippen molar-refractivity contribution in [2.45, 2.75) is 34.6 Å². The van der Waals surface area contributed by atoms with Gasteiger partial charge in [0.2, 0.25) is 11.9 Å². The van der Waals surface area contributed by atoms with Gasteiger partial charge in [0.05, 0.1) is 6.61 Å². The first-order valence-electron chi connectivity index (χ1n) is 6.21. The predicted molar refractivity (Wildman–Crippen MR) is 72.5 cm³/mol. The van der Waals surface area contributed by atoms with E-state index in [4.69, 9.17) is 10.5 Å². The van der Waals surface area contributed by atoms with Crippen LogP contribution in [0.4, 0.5) is 11.9 Å². The Kier molecular flexibility index (Phi) is 4.69. The van der Waals surface area contributed by atoms with Crippen molar-refractivity contribution in [2.24, 2.45) is 11.3 Å². The average Bonchev–Trinajstić information content (AvgIpc) is 2.24. The third kappa shape index (κ3) is 4.35. The van der Waals surface area contributed by atoms with Gasteiger partial charge in [-0.3, -0.25) is 0 Å². The number of nitrogens with one attached hydrogen (secondary N) is 1. The van der Waals surface area contributed by atoms with Crippen LogP contribution in [0.1, 0.15) is 34.6 Å². The first kappa shape index (κ1) is 14.5. The summed E-state index contributed by atoms with van der Waals surface area (Å²) in [6.07, 6.45) is 0. The Morgan fingerprint density at radius 3 is 2.50 bits per heavy atom. The van der Waals surface area contributed by atoms with Crippen LogP contribution in [0.5, 0.6) is 6.01 Å². The van der Waals surface area contributed by atoms with Gasteiger partial charge in [0.25, 0.3) is 0 Å². The Morgan fingerprint density at radius 1 is 1.28 bits per heavy atom. The van der Waals surface area contributed by atoms with Gasteiger partial charge in [-0.1, -0.05) is 27.7 Å². The Labute approximate surface area is 108 Å². The fraction of sp³-hybridized carbons (Fsp3) is 0.750. The Balaban J connectivity index is 2.67. The second kappa shape index (κ2) is 5.84. The maximum atomic E-state index is 5.60. The van der Waals surface area contributed by atoms with Crippen molar-refractivity contribution >= 4 is 11.9 Å². The van der Waals surface area contributed by atoms with E-state index in [1.807, 2.05) is 6.92 Å². The van der Waals surface area contributed by atoms with Crippen LogP contribution in [0, 0.1) is 11.3 Å². The van der Waals surface area contributed by atoms with Crippen LogP contribution in [-0.4, -0.2) is 28.1 Å². The minimum absolute atomic E-state index is 0.166. The van der Waals surface area contributed by atoms with Crippen molar-refractivity contribution in [1.82, 2.24) is 15.0 Å². The van der Waals surface area contributed by atoms with Crippen LogP contribution in [-0.2, 0) is 0 Å². The van der Waals surface area contributed by atoms with Crippen molar-refractivity contribution < 1.29 is 4.74 Å². The molecule has 0 bridgehead atoms. The minimum atomic E-state index is 0.166. The molecule has 0 aromatic carbocycles. The van der Waals surface area contributed by atoms with Gasteiger partial charge in [0.15, 0.2) is 0 Å². The molecular weight excluding hydrogens is 230 g/mol. The smallest absolute Gasteiger partial charge is 0.323 e. The topological polar surface area (TPSA) is 86.0 Å². The standard InChI is InChI=1S/C12H23N5O/c1-6-18-11-16-9(13)15-10(17-11)14-7-8(2)12(3,4)5/h8H,6-7H2,1-5H3,(H3,13,14,15,16,17). The van der Waals surface area contributed by atoms with Crippen LogP contribution < -0.4 is 15.8 Å². The molecule has 0 saturated heterocycles. The molecular formula is C12H23N5O. The molecule has 0 fully saturated rings. The van der Waals surface area contributed by atoms with Gasteiger partial charge in [-0.15, -0.1) is 0 Å². The zero-order valence-electron chi connectivity index (χ0n) is 11.8. The number of nitrogens with zero attached hydrogens (tertiary/aromatic N) is 3. The van der Waals surface area contributed by atoms with Crippen molar-refractivity contribution in [1.29, 1.82) is 0 Å². The highest BCUT2D eigenvalue weighted by atomic mass is 16.5. The van der Waals surface area contributed by atoms with Gasteiger partial charge in [-0.05, 0) is 18.3 Å². The molecule has 1 aromatic rings. The quantitative estimate of drug-likeness (QED) is 0.834. The van der Waals surface area contributed by atoms with Crippen LogP contribution >= 0.6 is 0 Å². The summed E-state index contributed by atoms with van der Waals surface area (Å²) in [6, 6.07) is 0.260. The maximum Gasteiger partial charge on any atom is 0.323 e. The molecule has 0 aliphatic carbocycles. The molecule has 1 atom stereocenters. The molecule has 3 N–H and O–H groups in total. The van der Waals surface area contributed by atoms with E-state index in [-0.39, 0.29) is 17.4 Å². The molecule has 0 aliphatic heterocycles. The molecule has 0 spiro atoms. The van der Waals surface area contributed by atoms with Crippen molar-refractivity contribution in [3.8, 4) is 6.01 Å². The van der Waals surface area contributed by atoms with E-state index < -0.39 is 0 Å². The lowest BCUT2D eigenvalue weighted by Gasteiger charge is -2.27. The first-order chi connectivity index (χ1) is 8.32. The fourth-order valence-corrected chi connectivity index (χ4v) is 1.20. The number of aromatic nitrogens is 3. The van der Waals surface area contributed by atoms with Crippen molar-refractivity contribution in [3.63, 3.8) is 0 Å². The average molecular weight is 253 g/mol. The molecule has 1 unspecified atom stereocenters. The van der Waals surface area contributed by atoms with Gasteiger partial charge in [0.1, 0.15) is 0 Å². The highest BCUT2D eigenvalue weighted by molar-refractivity contribution is 5.32. The zero-order valence-corrected chi connectivity index (χ0v) is 11.8. The molecule has 0 amide bonds. The van der Waals surface area contributed by atoms with Gasteiger partial charge in [-0.2, -0.15) is 15.0 Å².